The molecular weight excluding hydrogens is 364 g/mol. The van der Waals surface area contributed by atoms with Crippen molar-refractivity contribution in [2.45, 2.75) is 20.4 Å². The van der Waals surface area contributed by atoms with Gasteiger partial charge < -0.3 is 9.13 Å². The molecule has 2 heteroatoms. The van der Waals surface area contributed by atoms with E-state index in [1.807, 2.05) is 0 Å². The van der Waals surface area contributed by atoms with E-state index in [9.17, 15) is 0 Å². The van der Waals surface area contributed by atoms with Gasteiger partial charge in [-0.3, -0.25) is 0 Å². The summed E-state index contributed by atoms with van der Waals surface area (Å²) in [7, 11) is 2.17. The first-order valence-electron chi connectivity index (χ1n) is 10.6. The minimum Gasteiger partial charge on any atom is -0.344 e. The zero-order valence-corrected chi connectivity index (χ0v) is 17.6. The van der Waals surface area contributed by atoms with Gasteiger partial charge in [0.05, 0.1) is 5.52 Å². The Bertz CT molecular complexity index is 1570. The third-order valence-corrected chi connectivity index (χ3v) is 6.43. The first-order chi connectivity index (χ1) is 14.6. The Morgan fingerprint density at radius 1 is 0.600 bits per heavy atom. The fourth-order valence-corrected chi connectivity index (χ4v) is 5.30. The van der Waals surface area contributed by atoms with Crippen molar-refractivity contribution in [3.05, 3.63) is 95.6 Å². The van der Waals surface area contributed by atoms with Crippen molar-refractivity contribution in [3.8, 4) is 0 Å². The molecule has 0 aliphatic rings. The number of hydrogen-bond acceptors (Lipinski definition) is 0. The normalized spacial score (nSPS) is 12.0. The molecule has 4 aromatic carbocycles. The lowest BCUT2D eigenvalue weighted by Gasteiger charge is -2.10. The molecule has 2 nitrogen and oxygen atoms in total. The summed E-state index contributed by atoms with van der Waals surface area (Å²) in [5, 5.41) is 5.39. The summed E-state index contributed by atoms with van der Waals surface area (Å²) >= 11 is 0. The Morgan fingerprint density at radius 2 is 1.17 bits per heavy atom. The summed E-state index contributed by atoms with van der Waals surface area (Å²) in [6, 6.07) is 29.1. The van der Waals surface area contributed by atoms with E-state index < -0.39 is 0 Å². The molecule has 0 radical (unpaired) electrons. The van der Waals surface area contributed by atoms with Crippen LogP contribution in [0.2, 0.25) is 0 Å². The number of rotatable bonds is 2. The van der Waals surface area contributed by atoms with Gasteiger partial charge >= 0.3 is 0 Å². The molecule has 0 bridgehead atoms. The highest BCUT2D eigenvalue weighted by atomic mass is 15.0. The van der Waals surface area contributed by atoms with Gasteiger partial charge in [0.25, 0.3) is 0 Å². The summed E-state index contributed by atoms with van der Waals surface area (Å²) < 4.78 is 4.81. The van der Waals surface area contributed by atoms with Gasteiger partial charge in [0, 0.05) is 51.7 Å². The minimum absolute atomic E-state index is 0.878. The molecule has 6 rings (SSSR count). The number of para-hydroxylation sites is 2. The van der Waals surface area contributed by atoms with Crippen molar-refractivity contribution in [2.24, 2.45) is 7.05 Å². The molecule has 6 aromatic rings. The lowest BCUT2D eigenvalue weighted by molar-refractivity contribution is 0.866. The molecule has 0 aliphatic carbocycles. The van der Waals surface area contributed by atoms with Gasteiger partial charge in [-0.15, -0.1) is 0 Å². The third kappa shape index (κ3) is 2.37. The van der Waals surface area contributed by atoms with Crippen LogP contribution in [0.25, 0.3) is 43.6 Å². The SMILES string of the molecule is Cc1cc(C)cc(Cn2c3ccccc3c3c4c5ccccc5n(C)c4ccc32)c1. The standard InChI is InChI=1S/C28H24N2/c1-18-14-19(2)16-20(15-18)17-30-24-11-7-5-9-22(24)28-26(30)13-12-25-27(28)21-8-4-6-10-23(21)29(25)3/h4-16H,17H2,1-3H3. The van der Waals surface area contributed by atoms with E-state index >= 15 is 0 Å². The second-order valence-electron chi connectivity index (χ2n) is 8.53. The van der Waals surface area contributed by atoms with E-state index in [4.69, 9.17) is 0 Å². The molecule has 0 saturated heterocycles. The van der Waals surface area contributed by atoms with E-state index in [0.29, 0.717) is 0 Å². The Balaban J connectivity index is 1.75. The first-order valence-corrected chi connectivity index (χ1v) is 10.6. The average molecular weight is 389 g/mol. The largest absolute Gasteiger partial charge is 0.344 e. The number of fused-ring (bicyclic) bond motifs is 7. The van der Waals surface area contributed by atoms with E-state index in [1.54, 1.807) is 0 Å². The lowest BCUT2D eigenvalue weighted by Crippen LogP contribution is -2.00. The van der Waals surface area contributed by atoms with Gasteiger partial charge in [0.1, 0.15) is 0 Å². The Hall–Kier alpha value is -3.52. The van der Waals surface area contributed by atoms with Gasteiger partial charge in [-0.25, -0.2) is 0 Å². The summed E-state index contributed by atoms with van der Waals surface area (Å²) in [6.07, 6.45) is 0. The number of hydrogen-bond donors (Lipinski definition) is 0. The molecule has 0 fully saturated rings. The molecule has 2 aromatic heterocycles. The summed E-state index contributed by atoms with van der Waals surface area (Å²) in [5.41, 5.74) is 9.17. The molecule has 30 heavy (non-hydrogen) atoms. The average Bonchev–Trinajstić information content (AvgIpc) is 3.21. The fourth-order valence-electron chi connectivity index (χ4n) is 5.30. The van der Waals surface area contributed by atoms with Crippen molar-refractivity contribution in [3.63, 3.8) is 0 Å². The highest BCUT2D eigenvalue weighted by Crippen LogP contribution is 2.39. The van der Waals surface area contributed by atoms with Crippen molar-refractivity contribution >= 4 is 43.6 Å². The quantitative estimate of drug-likeness (QED) is 0.299. The van der Waals surface area contributed by atoms with Crippen LogP contribution in [0.4, 0.5) is 0 Å². The Morgan fingerprint density at radius 3 is 1.90 bits per heavy atom. The molecule has 0 N–H and O–H groups in total. The van der Waals surface area contributed by atoms with Gasteiger partial charge in [-0.05, 0) is 43.7 Å². The molecule has 0 saturated carbocycles. The highest BCUT2D eigenvalue weighted by molar-refractivity contribution is 6.28. The molecule has 0 aliphatic heterocycles. The van der Waals surface area contributed by atoms with Crippen molar-refractivity contribution in [1.82, 2.24) is 9.13 Å². The van der Waals surface area contributed by atoms with Crippen LogP contribution in [0.3, 0.4) is 0 Å². The molecule has 0 spiro atoms. The first kappa shape index (κ1) is 17.3. The zero-order chi connectivity index (χ0) is 20.4. The minimum atomic E-state index is 0.878. The van der Waals surface area contributed by atoms with Crippen LogP contribution in [-0.4, -0.2) is 9.13 Å². The molecule has 0 amide bonds. The maximum absolute atomic E-state index is 2.49. The van der Waals surface area contributed by atoms with Gasteiger partial charge in [0.15, 0.2) is 0 Å². The topological polar surface area (TPSA) is 9.86 Å². The van der Waals surface area contributed by atoms with Crippen LogP contribution in [-0.2, 0) is 13.6 Å². The highest BCUT2D eigenvalue weighted by Gasteiger charge is 2.17. The van der Waals surface area contributed by atoms with Crippen LogP contribution in [0, 0.1) is 13.8 Å². The second-order valence-corrected chi connectivity index (χ2v) is 8.53. The summed E-state index contributed by atoms with van der Waals surface area (Å²) in [6.45, 7) is 5.24. The fraction of sp³-hybridized carbons (Fsp3) is 0.143. The van der Waals surface area contributed by atoms with E-state index in [0.717, 1.165) is 6.54 Å². The molecule has 0 unspecified atom stereocenters. The predicted molar refractivity (Wildman–Crippen MR) is 128 cm³/mol. The molecule has 2 heterocycles. The maximum atomic E-state index is 2.49. The smallest absolute Gasteiger partial charge is 0.0502 e. The van der Waals surface area contributed by atoms with E-state index in [1.165, 1.54) is 60.3 Å². The van der Waals surface area contributed by atoms with Gasteiger partial charge in [-0.1, -0.05) is 65.7 Å². The van der Waals surface area contributed by atoms with Gasteiger partial charge in [-0.2, -0.15) is 0 Å². The maximum Gasteiger partial charge on any atom is 0.0502 e. The van der Waals surface area contributed by atoms with E-state index in [-0.39, 0.29) is 0 Å². The number of benzene rings is 4. The summed E-state index contributed by atoms with van der Waals surface area (Å²) in [4.78, 5) is 0. The van der Waals surface area contributed by atoms with Crippen molar-refractivity contribution in [1.29, 1.82) is 0 Å². The zero-order valence-electron chi connectivity index (χ0n) is 17.6. The van der Waals surface area contributed by atoms with Crippen LogP contribution in [0.15, 0.2) is 78.9 Å². The second kappa shape index (κ2) is 6.24. The number of aromatic nitrogens is 2. The van der Waals surface area contributed by atoms with Crippen molar-refractivity contribution in [2.75, 3.05) is 0 Å². The number of aryl methyl sites for hydroxylation is 3. The van der Waals surface area contributed by atoms with Gasteiger partial charge in [0.2, 0.25) is 0 Å². The van der Waals surface area contributed by atoms with Crippen LogP contribution < -0.4 is 0 Å². The molecule has 146 valence electrons. The third-order valence-electron chi connectivity index (χ3n) is 6.43. The monoisotopic (exact) mass is 388 g/mol. The predicted octanol–water partition coefficient (Wildman–Crippen LogP) is 7.10. The Labute approximate surface area is 176 Å². The van der Waals surface area contributed by atoms with Crippen LogP contribution >= 0.6 is 0 Å². The summed E-state index contributed by atoms with van der Waals surface area (Å²) in [5.74, 6) is 0. The Kier molecular flexibility index (Phi) is 3.61. The molecule has 0 atom stereocenters. The van der Waals surface area contributed by atoms with Crippen molar-refractivity contribution < 1.29 is 0 Å². The lowest BCUT2D eigenvalue weighted by atomic mass is 10.1. The van der Waals surface area contributed by atoms with Crippen LogP contribution in [0.5, 0.6) is 0 Å². The molecular formula is C28H24N2. The van der Waals surface area contributed by atoms with E-state index in [2.05, 4.69) is 109 Å². The number of nitrogens with zero attached hydrogens (tertiary/aromatic N) is 2. The van der Waals surface area contributed by atoms with Crippen LogP contribution in [0.1, 0.15) is 16.7 Å².